The third-order valence-corrected chi connectivity index (χ3v) is 7.62. The number of benzene rings is 2. The van der Waals surface area contributed by atoms with Crippen molar-refractivity contribution in [2.24, 2.45) is 0 Å². The molecule has 34 heavy (non-hydrogen) atoms. The van der Waals surface area contributed by atoms with Crippen LogP contribution in [0.5, 0.6) is 0 Å². The van der Waals surface area contributed by atoms with Crippen molar-refractivity contribution in [3.05, 3.63) is 60.3 Å². The Bertz CT molecular complexity index is 1410. The SMILES string of the molecule is CNCc1ccc(-c2noc(-c3nc(-c4ccc(S(=O)(=O)C(C)C)cc4)cnc3N)c2N)cc1. The summed E-state index contributed by atoms with van der Waals surface area (Å²) in [6, 6.07) is 14.3. The lowest BCUT2D eigenvalue weighted by Gasteiger charge is -2.09. The summed E-state index contributed by atoms with van der Waals surface area (Å²) in [5, 5.41) is 6.72. The monoisotopic (exact) mass is 478 g/mol. The van der Waals surface area contributed by atoms with Crippen LogP contribution in [0.3, 0.4) is 0 Å². The fourth-order valence-corrected chi connectivity index (χ4v) is 4.51. The van der Waals surface area contributed by atoms with Crippen molar-refractivity contribution in [1.82, 2.24) is 20.4 Å². The first-order valence-electron chi connectivity index (χ1n) is 10.7. The van der Waals surface area contributed by atoms with Gasteiger partial charge in [-0.2, -0.15) is 0 Å². The summed E-state index contributed by atoms with van der Waals surface area (Å²) in [6.45, 7) is 4.05. The molecular weight excluding hydrogens is 452 g/mol. The van der Waals surface area contributed by atoms with E-state index in [1.807, 2.05) is 31.3 Å². The molecule has 0 unspecified atom stereocenters. The summed E-state index contributed by atoms with van der Waals surface area (Å²) in [7, 11) is -1.48. The predicted octanol–water partition coefficient (Wildman–Crippen LogP) is 3.53. The number of nitrogens with two attached hydrogens (primary N) is 2. The van der Waals surface area contributed by atoms with E-state index in [-0.39, 0.29) is 22.2 Å². The normalized spacial score (nSPS) is 11.8. The van der Waals surface area contributed by atoms with Crippen LogP contribution in [0.2, 0.25) is 0 Å². The number of aromatic nitrogens is 3. The molecule has 0 aliphatic rings. The molecule has 0 fully saturated rings. The Morgan fingerprint density at radius 1 is 0.971 bits per heavy atom. The van der Waals surface area contributed by atoms with Gasteiger partial charge in [-0.05, 0) is 38.6 Å². The van der Waals surface area contributed by atoms with E-state index >= 15 is 0 Å². The summed E-state index contributed by atoms with van der Waals surface area (Å²) in [6.07, 6.45) is 1.51. The summed E-state index contributed by atoms with van der Waals surface area (Å²) < 4.78 is 30.3. The Kier molecular flexibility index (Phi) is 6.36. The number of rotatable bonds is 7. The number of nitrogens with one attached hydrogen (secondary N) is 1. The van der Waals surface area contributed by atoms with Crippen LogP contribution in [-0.2, 0) is 16.4 Å². The molecule has 0 amide bonds. The minimum Gasteiger partial charge on any atom is -0.394 e. The number of nitrogens with zero attached hydrogens (tertiary/aromatic N) is 3. The van der Waals surface area contributed by atoms with E-state index < -0.39 is 15.1 Å². The Balaban J connectivity index is 1.68. The molecule has 2 aromatic heterocycles. The van der Waals surface area contributed by atoms with Crippen LogP contribution in [0.1, 0.15) is 19.4 Å². The van der Waals surface area contributed by atoms with E-state index in [2.05, 4.69) is 20.4 Å². The topological polar surface area (TPSA) is 150 Å². The van der Waals surface area contributed by atoms with Crippen molar-refractivity contribution in [2.45, 2.75) is 30.5 Å². The lowest BCUT2D eigenvalue weighted by molar-refractivity contribution is 0.434. The van der Waals surface area contributed by atoms with Gasteiger partial charge in [0.15, 0.2) is 21.3 Å². The molecule has 0 bridgehead atoms. The molecule has 0 saturated heterocycles. The van der Waals surface area contributed by atoms with E-state index in [4.69, 9.17) is 16.0 Å². The zero-order chi connectivity index (χ0) is 24.5. The molecule has 0 saturated carbocycles. The van der Waals surface area contributed by atoms with E-state index in [1.165, 1.54) is 6.20 Å². The highest BCUT2D eigenvalue weighted by atomic mass is 32.2. The van der Waals surface area contributed by atoms with Gasteiger partial charge in [-0.25, -0.2) is 18.4 Å². The second-order valence-corrected chi connectivity index (χ2v) is 10.6. The van der Waals surface area contributed by atoms with Crippen LogP contribution < -0.4 is 16.8 Å². The standard InChI is InChI=1S/C24H26N6O3S/c1-14(2)34(31,32)18-10-8-16(9-11-18)19-13-28-24(26)22(29-19)23-20(25)21(30-33-23)17-6-4-15(5-7-17)12-27-3/h4-11,13-14,27H,12,25H2,1-3H3,(H2,26,28). The first-order chi connectivity index (χ1) is 16.2. The third kappa shape index (κ3) is 4.37. The molecule has 0 aliphatic heterocycles. The highest BCUT2D eigenvalue weighted by Gasteiger charge is 2.22. The van der Waals surface area contributed by atoms with Crippen LogP contribution in [-0.4, -0.2) is 35.8 Å². The van der Waals surface area contributed by atoms with Gasteiger partial charge in [0, 0.05) is 17.7 Å². The fourth-order valence-electron chi connectivity index (χ4n) is 3.45. The summed E-state index contributed by atoms with van der Waals surface area (Å²) >= 11 is 0. The van der Waals surface area contributed by atoms with Crippen LogP contribution in [0.4, 0.5) is 11.5 Å². The highest BCUT2D eigenvalue weighted by molar-refractivity contribution is 7.92. The maximum absolute atomic E-state index is 12.4. The Morgan fingerprint density at radius 2 is 1.62 bits per heavy atom. The largest absolute Gasteiger partial charge is 0.394 e. The van der Waals surface area contributed by atoms with Gasteiger partial charge in [0.05, 0.1) is 22.0 Å². The summed E-state index contributed by atoms with van der Waals surface area (Å²) in [5.41, 5.74) is 16.6. The van der Waals surface area contributed by atoms with E-state index in [1.54, 1.807) is 38.1 Å². The molecule has 0 atom stereocenters. The molecule has 0 aliphatic carbocycles. The van der Waals surface area contributed by atoms with E-state index in [0.29, 0.717) is 22.6 Å². The zero-order valence-electron chi connectivity index (χ0n) is 19.1. The van der Waals surface area contributed by atoms with Crippen molar-refractivity contribution >= 4 is 21.3 Å². The summed E-state index contributed by atoms with van der Waals surface area (Å²) in [4.78, 5) is 9.07. The highest BCUT2D eigenvalue weighted by Crippen LogP contribution is 2.36. The molecule has 4 rings (SSSR count). The smallest absolute Gasteiger partial charge is 0.212 e. The predicted molar refractivity (Wildman–Crippen MR) is 132 cm³/mol. The fraction of sp³-hybridized carbons (Fsp3) is 0.208. The van der Waals surface area contributed by atoms with Gasteiger partial charge in [-0.3, -0.25) is 0 Å². The molecule has 0 spiro atoms. The van der Waals surface area contributed by atoms with Gasteiger partial charge in [0.2, 0.25) is 5.76 Å². The van der Waals surface area contributed by atoms with Gasteiger partial charge in [0.1, 0.15) is 11.4 Å². The first kappa shape index (κ1) is 23.4. The number of nitrogen functional groups attached to an aromatic ring is 2. The third-order valence-electron chi connectivity index (χ3n) is 5.45. The summed E-state index contributed by atoms with van der Waals surface area (Å²) in [5.74, 6) is 0.363. The molecule has 2 aromatic carbocycles. The van der Waals surface area contributed by atoms with Crippen molar-refractivity contribution in [1.29, 1.82) is 0 Å². The Morgan fingerprint density at radius 3 is 2.24 bits per heavy atom. The van der Waals surface area contributed by atoms with Crippen LogP contribution in [0, 0.1) is 0 Å². The van der Waals surface area contributed by atoms with Crippen molar-refractivity contribution in [2.75, 3.05) is 18.5 Å². The molecule has 2 heterocycles. The number of hydrogen-bond acceptors (Lipinski definition) is 9. The number of hydrogen-bond donors (Lipinski definition) is 3. The lowest BCUT2D eigenvalue weighted by Crippen LogP contribution is -2.13. The minimum atomic E-state index is -3.37. The maximum atomic E-state index is 12.4. The van der Waals surface area contributed by atoms with Gasteiger partial charge in [-0.15, -0.1) is 0 Å². The van der Waals surface area contributed by atoms with Gasteiger partial charge < -0.3 is 21.3 Å². The second-order valence-electron chi connectivity index (χ2n) is 8.11. The average molecular weight is 479 g/mol. The first-order valence-corrected chi connectivity index (χ1v) is 12.2. The second kappa shape index (κ2) is 9.24. The number of anilines is 2. The molecule has 10 heteroatoms. The Labute approximate surface area is 198 Å². The molecule has 9 nitrogen and oxygen atoms in total. The minimum absolute atomic E-state index is 0.140. The van der Waals surface area contributed by atoms with Crippen molar-refractivity contribution in [3.63, 3.8) is 0 Å². The molecule has 176 valence electrons. The molecule has 0 radical (unpaired) electrons. The van der Waals surface area contributed by atoms with Gasteiger partial charge in [-0.1, -0.05) is 41.6 Å². The van der Waals surface area contributed by atoms with Crippen molar-refractivity contribution in [3.8, 4) is 34.0 Å². The van der Waals surface area contributed by atoms with Crippen LogP contribution >= 0.6 is 0 Å². The molecule has 4 aromatic rings. The van der Waals surface area contributed by atoms with Crippen LogP contribution in [0.25, 0.3) is 34.0 Å². The van der Waals surface area contributed by atoms with Crippen LogP contribution in [0.15, 0.2) is 64.1 Å². The quantitative estimate of drug-likeness (QED) is 0.362. The Hall–Kier alpha value is -3.76. The molecular formula is C24H26N6O3S. The average Bonchev–Trinajstić information content (AvgIpc) is 3.21. The van der Waals surface area contributed by atoms with Gasteiger partial charge in [0.25, 0.3) is 0 Å². The van der Waals surface area contributed by atoms with Crippen molar-refractivity contribution < 1.29 is 12.9 Å². The van der Waals surface area contributed by atoms with E-state index in [9.17, 15) is 8.42 Å². The zero-order valence-corrected chi connectivity index (χ0v) is 19.9. The lowest BCUT2D eigenvalue weighted by atomic mass is 10.1. The maximum Gasteiger partial charge on any atom is 0.212 e. The van der Waals surface area contributed by atoms with E-state index in [0.717, 1.165) is 17.7 Å². The number of sulfone groups is 1. The van der Waals surface area contributed by atoms with Gasteiger partial charge >= 0.3 is 0 Å². The molecule has 5 N–H and O–H groups in total.